The van der Waals surface area contributed by atoms with Crippen LogP contribution in [-0.4, -0.2) is 17.6 Å². The van der Waals surface area contributed by atoms with Gasteiger partial charge in [-0.2, -0.15) is 0 Å². The van der Waals surface area contributed by atoms with Crippen molar-refractivity contribution in [1.29, 1.82) is 0 Å². The maximum absolute atomic E-state index is 11.4. The van der Waals surface area contributed by atoms with Gasteiger partial charge in [0.15, 0.2) is 0 Å². The topological polar surface area (TPSA) is 60.3 Å². The lowest BCUT2D eigenvalue weighted by Gasteiger charge is -2.12. The van der Waals surface area contributed by atoms with E-state index in [1.165, 1.54) is 17.6 Å². The number of nitrogens with one attached hydrogen (secondary N) is 1. The number of aryl methyl sites for hydroxylation is 1. The number of carbonyl (C=O) groups excluding carboxylic acids is 1. The number of amides is 1. The SMILES string of the molecule is COc1ccc(NC(C)=O)cc1-c1ccc(=O)n(C)c1. The molecule has 0 bridgehead atoms. The van der Waals surface area contributed by atoms with Crippen molar-refractivity contribution in [3.8, 4) is 16.9 Å². The summed E-state index contributed by atoms with van der Waals surface area (Å²) in [7, 11) is 3.27. The van der Waals surface area contributed by atoms with Crippen molar-refractivity contribution in [3.63, 3.8) is 0 Å². The molecule has 0 aliphatic rings. The number of rotatable bonds is 3. The molecule has 1 heterocycles. The van der Waals surface area contributed by atoms with Gasteiger partial charge in [-0.1, -0.05) is 0 Å². The van der Waals surface area contributed by atoms with E-state index in [1.54, 1.807) is 38.6 Å². The molecule has 1 amide bonds. The zero-order chi connectivity index (χ0) is 14.7. The lowest BCUT2D eigenvalue weighted by Crippen LogP contribution is -2.14. The summed E-state index contributed by atoms with van der Waals surface area (Å²) in [6.07, 6.45) is 1.73. The predicted octanol–water partition coefficient (Wildman–Crippen LogP) is 2.02. The highest BCUT2D eigenvalue weighted by Gasteiger charge is 2.08. The molecule has 0 fully saturated rings. The summed E-state index contributed by atoms with van der Waals surface area (Å²) in [5.74, 6) is 0.541. The van der Waals surface area contributed by atoms with Crippen molar-refractivity contribution in [3.05, 3.63) is 46.9 Å². The normalized spacial score (nSPS) is 10.2. The largest absolute Gasteiger partial charge is 0.496 e. The van der Waals surface area contributed by atoms with Crippen LogP contribution in [0.4, 0.5) is 5.69 Å². The van der Waals surface area contributed by atoms with Crippen molar-refractivity contribution in [2.75, 3.05) is 12.4 Å². The third kappa shape index (κ3) is 2.88. The third-order valence-corrected chi connectivity index (χ3v) is 2.92. The Labute approximate surface area is 116 Å². The van der Waals surface area contributed by atoms with Crippen LogP contribution in [0, 0.1) is 0 Å². The molecule has 0 aliphatic heterocycles. The molecule has 0 atom stereocenters. The first-order chi connectivity index (χ1) is 9.51. The van der Waals surface area contributed by atoms with E-state index in [0.717, 1.165) is 11.1 Å². The van der Waals surface area contributed by atoms with Crippen LogP contribution in [0.5, 0.6) is 5.75 Å². The quantitative estimate of drug-likeness (QED) is 0.930. The number of aromatic nitrogens is 1. The molecule has 0 unspecified atom stereocenters. The molecular formula is C15H16N2O3. The average molecular weight is 272 g/mol. The minimum Gasteiger partial charge on any atom is -0.496 e. The average Bonchev–Trinajstić information content (AvgIpc) is 2.41. The van der Waals surface area contributed by atoms with Gasteiger partial charge < -0.3 is 14.6 Å². The highest BCUT2D eigenvalue weighted by molar-refractivity contribution is 5.90. The maximum Gasteiger partial charge on any atom is 0.250 e. The van der Waals surface area contributed by atoms with Crippen molar-refractivity contribution < 1.29 is 9.53 Å². The second-order valence-corrected chi connectivity index (χ2v) is 4.46. The second kappa shape index (κ2) is 5.61. The van der Waals surface area contributed by atoms with Crippen LogP contribution in [0.1, 0.15) is 6.92 Å². The molecule has 5 heteroatoms. The Morgan fingerprint density at radius 2 is 2.00 bits per heavy atom. The molecule has 2 rings (SSSR count). The monoisotopic (exact) mass is 272 g/mol. The van der Waals surface area contributed by atoms with Gasteiger partial charge in [-0.05, 0) is 24.3 Å². The van der Waals surface area contributed by atoms with Crippen LogP contribution < -0.4 is 15.6 Å². The summed E-state index contributed by atoms with van der Waals surface area (Å²) in [6, 6.07) is 8.61. The number of anilines is 1. The molecule has 0 aliphatic carbocycles. The predicted molar refractivity (Wildman–Crippen MR) is 78.0 cm³/mol. The van der Waals surface area contributed by atoms with Gasteiger partial charge in [0.1, 0.15) is 5.75 Å². The number of nitrogens with zero attached hydrogens (tertiary/aromatic N) is 1. The summed E-state index contributed by atoms with van der Waals surface area (Å²) in [5.41, 5.74) is 2.26. The Kier molecular flexibility index (Phi) is 3.89. The van der Waals surface area contributed by atoms with Gasteiger partial charge in [0, 0.05) is 43.0 Å². The Hall–Kier alpha value is -2.56. The summed E-state index contributed by atoms with van der Waals surface area (Å²) in [6.45, 7) is 1.45. The first-order valence-electron chi connectivity index (χ1n) is 6.14. The van der Waals surface area contributed by atoms with Crippen LogP contribution in [0.2, 0.25) is 0 Å². The number of pyridine rings is 1. The first-order valence-corrected chi connectivity index (χ1v) is 6.14. The fraction of sp³-hybridized carbons (Fsp3) is 0.200. The molecule has 0 saturated heterocycles. The minimum absolute atomic E-state index is 0.0780. The molecule has 1 aromatic carbocycles. The van der Waals surface area contributed by atoms with E-state index in [1.807, 2.05) is 6.07 Å². The van der Waals surface area contributed by atoms with Gasteiger partial charge in [0.2, 0.25) is 11.5 Å². The molecule has 0 saturated carbocycles. The van der Waals surface area contributed by atoms with Crippen molar-refractivity contribution in [2.24, 2.45) is 7.05 Å². The maximum atomic E-state index is 11.4. The van der Waals surface area contributed by atoms with Crippen molar-refractivity contribution in [2.45, 2.75) is 6.92 Å². The van der Waals surface area contributed by atoms with E-state index < -0.39 is 0 Å². The van der Waals surface area contributed by atoms with E-state index in [2.05, 4.69) is 5.32 Å². The van der Waals surface area contributed by atoms with Crippen molar-refractivity contribution in [1.82, 2.24) is 4.57 Å². The Balaban J connectivity index is 2.54. The van der Waals surface area contributed by atoms with E-state index in [-0.39, 0.29) is 11.5 Å². The van der Waals surface area contributed by atoms with Gasteiger partial charge in [0.05, 0.1) is 7.11 Å². The highest BCUT2D eigenvalue weighted by Crippen LogP contribution is 2.31. The second-order valence-electron chi connectivity index (χ2n) is 4.46. The first kappa shape index (κ1) is 13.9. The molecule has 2 aromatic rings. The molecule has 1 aromatic heterocycles. The van der Waals surface area contributed by atoms with E-state index >= 15 is 0 Å². The molecule has 0 radical (unpaired) electrons. The molecule has 0 spiro atoms. The van der Waals surface area contributed by atoms with Gasteiger partial charge >= 0.3 is 0 Å². The van der Waals surface area contributed by atoms with Crippen LogP contribution in [0.25, 0.3) is 11.1 Å². The smallest absolute Gasteiger partial charge is 0.250 e. The Morgan fingerprint density at radius 1 is 1.25 bits per heavy atom. The number of methoxy groups -OCH3 is 1. The summed E-state index contributed by atoms with van der Waals surface area (Å²) in [5, 5.41) is 2.73. The highest BCUT2D eigenvalue weighted by atomic mass is 16.5. The molecule has 20 heavy (non-hydrogen) atoms. The van der Waals surface area contributed by atoms with Gasteiger partial charge in [0.25, 0.3) is 0 Å². The van der Waals surface area contributed by atoms with Crippen LogP contribution in [0.15, 0.2) is 41.3 Å². The third-order valence-electron chi connectivity index (χ3n) is 2.92. The number of ether oxygens (including phenoxy) is 1. The molecule has 1 N–H and O–H groups in total. The zero-order valence-corrected chi connectivity index (χ0v) is 11.6. The van der Waals surface area contributed by atoms with E-state index in [0.29, 0.717) is 11.4 Å². The summed E-state index contributed by atoms with van der Waals surface area (Å²) in [4.78, 5) is 22.6. The van der Waals surface area contributed by atoms with Crippen LogP contribution in [-0.2, 0) is 11.8 Å². The fourth-order valence-corrected chi connectivity index (χ4v) is 1.97. The van der Waals surface area contributed by atoms with Gasteiger partial charge in [-0.15, -0.1) is 0 Å². The lowest BCUT2D eigenvalue weighted by molar-refractivity contribution is -0.114. The minimum atomic E-state index is -0.137. The zero-order valence-electron chi connectivity index (χ0n) is 11.6. The van der Waals surface area contributed by atoms with Gasteiger partial charge in [-0.25, -0.2) is 0 Å². The molecular weight excluding hydrogens is 256 g/mol. The standard InChI is InChI=1S/C15H16N2O3/c1-10(18)16-12-5-6-14(20-3)13(8-12)11-4-7-15(19)17(2)9-11/h4-9H,1-3H3,(H,16,18). The number of hydrogen-bond acceptors (Lipinski definition) is 3. The Bertz CT molecular complexity index is 705. The van der Waals surface area contributed by atoms with Crippen molar-refractivity contribution >= 4 is 11.6 Å². The van der Waals surface area contributed by atoms with E-state index in [9.17, 15) is 9.59 Å². The summed E-state index contributed by atoms with van der Waals surface area (Å²) < 4.78 is 6.83. The molecule has 5 nitrogen and oxygen atoms in total. The lowest BCUT2D eigenvalue weighted by atomic mass is 10.1. The number of carbonyl (C=O) groups is 1. The number of hydrogen-bond donors (Lipinski definition) is 1. The van der Waals surface area contributed by atoms with Crippen LogP contribution >= 0.6 is 0 Å². The summed E-state index contributed by atoms with van der Waals surface area (Å²) >= 11 is 0. The van der Waals surface area contributed by atoms with E-state index in [4.69, 9.17) is 4.74 Å². The number of benzene rings is 1. The fourth-order valence-electron chi connectivity index (χ4n) is 1.97. The Morgan fingerprint density at radius 3 is 2.60 bits per heavy atom. The molecule has 104 valence electrons. The van der Waals surface area contributed by atoms with Gasteiger partial charge in [-0.3, -0.25) is 9.59 Å². The van der Waals surface area contributed by atoms with Crippen LogP contribution in [0.3, 0.4) is 0 Å².